The second-order valence-electron chi connectivity index (χ2n) is 8.35. The molecule has 1 aliphatic heterocycles. The Labute approximate surface area is 206 Å². The number of carbonyl (C=O) groups excluding carboxylic acids is 1. The molecule has 8 heteroatoms. The highest BCUT2D eigenvalue weighted by atomic mass is 35.5. The van der Waals surface area contributed by atoms with Crippen LogP contribution in [0, 0.1) is 6.92 Å². The number of fused-ring (bicyclic) bond motifs is 1. The molecular weight excluding hydrogens is 470 g/mol. The van der Waals surface area contributed by atoms with E-state index in [1.807, 2.05) is 13.0 Å². The molecule has 0 saturated carbocycles. The van der Waals surface area contributed by atoms with Gasteiger partial charge in [0.05, 0.1) is 15.6 Å². The van der Waals surface area contributed by atoms with Gasteiger partial charge in [-0.3, -0.25) is 9.10 Å². The fourth-order valence-corrected chi connectivity index (χ4v) is 5.84. The lowest BCUT2D eigenvalue weighted by atomic mass is 10.2. The normalized spacial score (nSPS) is 12.9. The summed E-state index contributed by atoms with van der Waals surface area (Å²) in [4.78, 5) is 15.2. The van der Waals surface area contributed by atoms with Crippen molar-refractivity contribution < 1.29 is 13.2 Å². The molecule has 0 aromatic heterocycles. The molecule has 0 unspecified atom stereocenters. The Bertz CT molecular complexity index is 1260. The van der Waals surface area contributed by atoms with Crippen LogP contribution in [0.25, 0.3) is 0 Å². The average molecular weight is 498 g/mol. The van der Waals surface area contributed by atoms with Gasteiger partial charge in [-0.2, -0.15) is 0 Å². The molecule has 1 heterocycles. The second kappa shape index (κ2) is 10.5. The monoisotopic (exact) mass is 497 g/mol. The first-order chi connectivity index (χ1) is 16.4. The van der Waals surface area contributed by atoms with Crippen molar-refractivity contribution in [3.8, 4) is 0 Å². The number of nitrogens with zero attached hydrogens (tertiary/aromatic N) is 2. The summed E-state index contributed by atoms with van der Waals surface area (Å²) in [7, 11) is -3.99. The maximum atomic E-state index is 13.4. The molecule has 0 spiro atoms. The summed E-state index contributed by atoms with van der Waals surface area (Å²) >= 11 is 6.32. The minimum absolute atomic E-state index is 0.110. The van der Waals surface area contributed by atoms with E-state index < -0.39 is 10.0 Å². The molecule has 6 nitrogen and oxygen atoms in total. The van der Waals surface area contributed by atoms with E-state index >= 15 is 0 Å². The summed E-state index contributed by atoms with van der Waals surface area (Å²) in [5.41, 5.74) is 3.82. The number of benzene rings is 3. The van der Waals surface area contributed by atoms with Crippen LogP contribution in [0.2, 0.25) is 5.02 Å². The molecule has 1 N–H and O–H groups in total. The zero-order valence-electron chi connectivity index (χ0n) is 19.1. The predicted octanol–water partition coefficient (Wildman–Crippen LogP) is 4.41. The maximum absolute atomic E-state index is 13.4. The third-order valence-electron chi connectivity index (χ3n) is 5.93. The molecule has 0 atom stereocenters. The van der Waals surface area contributed by atoms with Gasteiger partial charge in [0.2, 0.25) is 5.91 Å². The highest BCUT2D eigenvalue weighted by molar-refractivity contribution is 7.92. The molecule has 3 aromatic carbocycles. The molecule has 0 fully saturated rings. The van der Waals surface area contributed by atoms with Gasteiger partial charge in [-0.05, 0) is 55.7 Å². The average Bonchev–Trinajstić information content (AvgIpc) is 3.24. The Kier molecular flexibility index (Phi) is 7.44. The topological polar surface area (TPSA) is 69.7 Å². The molecule has 4 rings (SSSR count). The number of anilines is 2. The number of nitrogens with one attached hydrogen (secondary N) is 1. The molecule has 34 heavy (non-hydrogen) atoms. The zero-order chi connectivity index (χ0) is 24.1. The van der Waals surface area contributed by atoms with Gasteiger partial charge in [0.15, 0.2) is 0 Å². The van der Waals surface area contributed by atoms with Crippen LogP contribution in [0.4, 0.5) is 11.4 Å². The molecule has 1 amide bonds. The van der Waals surface area contributed by atoms with Crippen LogP contribution < -0.4 is 14.5 Å². The number of carbonyl (C=O) groups is 1. The molecule has 1 aliphatic rings. The van der Waals surface area contributed by atoms with E-state index in [-0.39, 0.29) is 28.1 Å². The van der Waals surface area contributed by atoms with Crippen molar-refractivity contribution in [3.63, 3.8) is 0 Å². The number of amides is 1. The van der Waals surface area contributed by atoms with Crippen LogP contribution in [0.3, 0.4) is 0 Å². The first-order valence-electron chi connectivity index (χ1n) is 11.3. The number of hydrogen-bond acceptors (Lipinski definition) is 4. The lowest BCUT2D eigenvalue weighted by molar-refractivity contribution is -0.119. The van der Waals surface area contributed by atoms with E-state index in [0.717, 1.165) is 35.8 Å². The summed E-state index contributed by atoms with van der Waals surface area (Å²) in [6.07, 6.45) is 1.79. The smallest absolute Gasteiger partial charge is 0.264 e. The van der Waals surface area contributed by atoms with Gasteiger partial charge in [0.1, 0.15) is 6.54 Å². The van der Waals surface area contributed by atoms with Crippen molar-refractivity contribution in [2.45, 2.75) is 24.7 Å². The summed E-state index contributed by atoms with van der Waals surface area (Å²) in [5, 5.41) is 3.13. The molecule has 0 aliphatic carbocycles. The number of aryl methyl sites for hydroxylation is 1. The van der Waals surface area contributed by atoms with E-state index in [1.165, 1.54) is 11.3 Å². The predicted molar refractivity (Wildman–Crippen MR) is 137 cm³/mol. The van der Waals surface area contributed by atoms with Crippen LogP contribution in [0.1, 0.15) is 17.5 Å². The van der Waals surface area contributed by atoms with Crippen molar-refractivity contribution in [1.29, 1.82) is 0 Å². The Hall–Kier alpha value is -3.03. The van der Waals surface area contributed by atoms with Crippen molar-refractivity contribution >= 4 is 38.9 Å². The van der Waals surface area contributed by atoms with Gasteiger partial charge in [0, 0.05) is 25.3 Å². The lowest BCUT2D eigenvalue weighted by Gasteiger charge is -2.25. The first kappa shape index (κ1) is 24.1. The summed E-state index contributed by atoms with van der Waals surface area (Å²) in [5.74, 6) is -0.377. The van der Waals surface area contributed by atoms with E-state index in [9.17, 15) is 13.2 Å². The number of halogens is 1. The lowest BCUT2D eigenvalue weighted by Crippen LogP contribution is -2.41. The summed E-state index contributed by atoms with van der Waals surface area (Å²) in [6.45, 7) is 3.79. The quantitative estimate of drug-likeness (QED) is 0.444. The number of sulfonamides is 1. The molecule has 0 radical (unpaired) electrons. The molecule has 3 aromatic rings. The SMILES string of the molecule is Cc1ccc(S(=O)(=O)N(CC(=O)NCCCN2CCc3ccccc32)c2ccccc2Cl)cc1. The largest absolute Gasteiger partial charge is 0.371 e. The summed E-state index contributed by atoms with van der Waals surface area (Å²) < 4.78 is 27.9. The minimum Gasteiger partial charge on any atom is -0.371 e. The molecule has 178 valence electrons. The van der Waals surface area contributed by atoms with E-state index in [2.05, 4.69) is 28.4 Å². The zero-order valence-corrected chi connectivity index (χ0v) is 20.6. The highest BCUT2D eigenvalue weighted by Crippen LogP contribution is 2.30. The van der Waals surface area contributed by atoms with E-state index in [4.69, 9.17) is 11.6 Å². The van der Waals surface area contributed by atoms with Gasteiger partial charge in [0.25, 0.3) is 10.0 Å². The first-order valence-corrected chi connectivity index (χ1v) is 13.1. The van der Waals surface area contributed by atoms with Gasteiger partial charge in [-0.1, -0.05) is 59.6 Å². The molecule has 0 saturated heterocycles. The van der Waals surface area contributed by atoms with Crippen LogP contribution in [-0.2, 0) is 21.2 Å². The van der Waals surface area contributed by atoms with Gasteiger partial charge < -0.3 is 10.2 Å². The minimum atomic E-state index is -3.99. The Morgan fingerprint density at radius 2 is 1.74 bits per heavy atom. The number of hydrogen-bond donors (Lipinski definition) is 1. The summed E-state index contributed by atoms with van der Waals surface area (Å²) in [6, 6.07) is 21.5. The maximum Gasteiger partial charge on any atom is 0.264 e. The van der Waals surface area contributed by atoms with Crippen LogP contribution >= 0.6 is 11.6 Å². The van der Waals surface area contributed by atoms with Crippen molar-refractivity contribution in [3.05, 3.63) is 88.9 Å². The highest BCUT2D eigenvalue weighted by Gasteiger charge is 2.28. The second-order valence-corrected chi connectivity index (χ2v) is 10.6. The number of para-hydroxylation sites is 2. The number of rotatable bonds is 9. The molecular formula is C26H28ClN3O3S. The van der Waals surface area contributed by atoms with Gasteiger partial charge in [-0.25, -0.2) is 8.42 Å². The fraction of sp³-hybridized carbons (Fsp3) is 0.269. The van der Waals surface area contributed by atoms with Crippen molar-refractivity contribution in [1.82, 2.24) is 5.32 Å². The Morgan fingerprint density at radius 1 is 1.03 bits per heavy atom. The van der Waals surface area contributed by atoms with E-state index in [1.54, 1.807) is 48.5 Å². The van der Waals surface area contributed by atoms with Crippen LogP contribution in [-0.4, -0.2) is 40.5 Å². The van der Waals surface area contributed by atoms with Gasteiger partial charge >= 0.3 is 0 Å². The fourth-order valence-electron chi connectivity index (χ4n) is 4.11. The third-order valence-corrected chi connectivity index (χ3v) is 8.02. The standard InChI is InChI=1S/C26H28ClN3O3S/c1-20-11-13-22(14-12-20)34(32,33)30(25-10-5-3-8-23(25)27)19-26(31)28-16-6-17-29-18-15-21-7-2-4-9-24(21)29/h2-5,7-14H,6,15-19H2,1H3,(H,28,31). The van der Waals surface area contributed by atoms with Crippen LogP contribution in [0.15, 0.2) is 77.7 Å². The Balaban J connectivity index is 1.42. The van der Waals surface area contributed by atoms with Crippen molar-refractivity contribution in [2.75, 3.05) is 35.4 Å². The Morgan fingerprint density at radius 3 is 2.50 bits per heavy atom. The van der Waals surface area contributed by atoms with Gasteiger partial charge in [-0.15, -0.1) is 0 Å². The third kappa shape index (κ3) is 5.37. The van der Waals surface area contributed by atoms with E-state index in [0.29, 0.717) is 6.54 Å². The molecule has 0 bridgehead atoms. The van der Waals surface area contributed by atoms with Crippen molar-refractivity contribution in [2.24, 2.45) is 0 Å². The van der Waals surface area contributed by atoms with Crippen LogP contribution in [0.5, 0.6) is 0 Å².